The van der Waals surface area contributed by atoms with Crippen LogP contribution in [-0.4, -0.2) is 7.85 Å². The van der Waals surface area contributed by atoms with Gasteiger partial charge in [0, 0.05) is 0 Å². The molecule has 0 heterocycles. The first-order valence-corrected chi connectivity index (χ1v) is 2.53. The Morgan fingerprint density at radius 3 is 2.29 bits per heavy atom. The van der Waals surface area contributed by atoms with Gasteiger partial charge in [0.15, 0.2) is 0 Å². The van der Waals surface area contributed by atoms with Gasteiger partial charge in [-0.05, 0) is 6.92 Å². The van der Waals surface area contributed by atoms with Gasteiger partial charge in [-0.25, -0.2) is 0 Å². The van der Waals surface area contributed by atoms with Gasteiger partial charge in [0.2, 0.25) is 0 Å². The summed E-state index contributed by atoms with van der Waals surface area (Å²) in [5.41, 5.74) is 1.35. The highest BCUT2D eigenvalue weighted by Crippen LogP contribution is 1.82. The van der Waals surface area contributed by atoms with Gasteiger partial charge >= 0.3 is 0 Å². The first-order valence-electron chi connectivity index (χ1n) is 2.53. The van der Waals surface area contributed by atoms with E-state index >= 15 is 0 Å². The second-order valence-corrected chi connectivity index (χ2v) is 1.77. The molecule has 0 bridgehead atoms. The third-order valence-corrected chi connectivity index (χ3v) is 0.622. The van der Waals surface area contributed by atoms with Gasteiger partial charge in [0.05, 0.1) is 0 Å². The van der Waals surface area contributed by atoms with Crippen LogP contribution >= 0.6 is 0 Å². The summed E-state index contributed by atoms with van der Waals surface area (Å²) in [5.74, 6) is 0. The fourth-order valence-electron chi connectivity index (χ4n) is 0.289. The summed E-state index contributed by atoms with van der Waals surface area (Å²) in [6.45, 7) is 4.10. The highest BCUT2D eigenvalue weighted by Gasteiger charge is 1.66. The molecule has 0 amide bonds. The maximum Gasteiger partial charge on any atom is 0.133 e. The van der Waals surface area contributed by atoms with Crippen LogP contribution < -0.4 is 0 Å². The van der Waals surface area contributed by atoms with Crippen LogP contribution in [0.1, 0.15) is 13.8 Å². The SMILES string of the molecule is B/C(C)=C/C=C\C. The first kappa shape index (κ1) is 6.54. The van der Waals surface area contributed by atoms with E-state index in [1.807, 2.05) is 19.1 Å². The monoisotopic (exact) mass is 94.1 g/mol. The molecule has 38 valence electrons. The standard InChI is InChI=1S/C6H11B/c1-3-4-5-6(2)7/h3-5H,7H2,1-2H3/b4-3-,6-5+. The van der Waals surface area contributed by atoms with E-state index in [4.69, 9.17) is 0 Å². The topological polar surface area (TPSA) is 0 Å². The van der Waals surface area contributed by atoms with Gasteiger partial charge in [-0.1, -0.05) is 25.2 Å². The van der Waals surface area contributed by atoms with Crippen molar-refractivity contribution in [2.24, 2.45) is 0 Å². The van der Waals surface area contributed by atoms with Crippen LogP contribution in [0.2, 0.25) is 0 Å². The van der Waals surface area contributed by atoms with E-state index in [9.17, 15) is 0 Å². The molecule has 0 rings (SSSR count). The molecule has 0 nitrogen and oxygen atoms in total. The number of hydrogen-bond donors (Lipinski definition) is 0. The van der Waals surface area contributed by atoms with E-state index in [-0.39, 0.29) is 0 Å². The van der Waals surface area contributed by atoms with E-state index < -0.39 is 0 Å². The molecule has 0 fully saturated rings. The number of allylic oxidation sites excluding steroid dienone is 4. The molecule has 0 N–H and O–H groups in total. The van der Waals surface area contributed by atoms with Crippen molar-refractivity contribution in [2.75, 3.05) is 0 Å². The van der Waals surface area contributed by atoms with Crippen LogP contribution in [0.5, 0.6) is 0 Å². The molecule has 0 saturated heterocycles. The quantitative estimate of drug-likeness (QED) is 0.337. The third kappa shape index (κ3) is 5.54. The summed E-state index contributed by atoms with van der Waals surface area (Å²) < 4.78 is 0. The third-order valence-electron chi connectivity index (χ3n) is 0.622. The molecule has 7 heavy (non-hydrogen) atoms. The molecule has 0 aliphatic heterocycles. The van der Waals surface area contributed by atoms with Crippen molar-refractivity contribution in [1.82, 2.24) is 0 Å². The molecule has 0 aromatic carbocycles. The van der Waals surface area contributed by atoms with E-state index in [2.05, 4.69) is 20.8 Å². The summed E-state index contributed by atoms with van der Waals surface area (Å²) in [6.07, 6.45) is 6.14. The molecule has 0 atom stereocenters. The summed E-state index contributed by atoms with van der Waals surface area (Å²) in [6, 6.07) is 0. The molecular weight excluding hydrogens is 82.9 g/mol. The van der Waals surface area contributed by atoms with E-state index in [1.165, 1.54) is 5.47 Å². The molecular formula is C6H11B. The Labute approximate surface area is 46.3 Å². The zero-order chi connectivity index (χ0) is 5.70. The van der Waals surface area contributed by atoms with E-state index in [0.717, 1.165) is 0 Å². The van der Waals surface area contributed by atoms with Gasteiger partial charge in [-0.3, -0.25) is 0 Å². The summed E-state index contributed by atoms with van der Waals surface area (Å²) >= 11 is 0. The lowest BCUT2D eigenvalue weighted by molar-refractivity contribution is 1.64. The Hall–Kier alpha value is -0.455. The molecule has 0 aliphatic rings. The molecule has 0 spiro atoms. The predicted molar refractivity (Wildman–Crippen MR) is 37.1 cm³/mol. The van der Waals surface area contributed by atoms with Crippen molar-refractivity contribution >= 4 is 7.85 Å². The van der Waals surface area contributed by atoms with Crippen LogP contribution in [-0.2, 0) is 0 Å². The fraction of sp³-hybridized carbons (Fsp3) is 0.333. The Balaban J connectivity index is 3.46. The minimum atomic E-state index is 1.35. The average Bonchev–Trinajstić information content (AvgIpc) is 1.61. The minimum absolute atomic E-state index is 1.35. The normalized spacial score (nSPS) is 13.1. The average molecular weight is 94.0 g/mol. The number of hydrogen-bond acceptors (Lipinski definition) is 0. The molecule has 0 aromatic heterocycles. The molecule has 0 unspecified atom stereocenters. The second-order valence-electron chi connectivity index (χ2n) is 1.77. The van der Waals surface area contributed by atoms with Gasteiger partial charge < -0.3 is 0 Å². The van der Waals surface area contributed by atoms with Crippen molar-refractivity contribution in [2.45, 2.75) is 13.8 Å². The molecule has 0 aromatic rings. The molecule has 0 aliphatic carbocycles. The highest BCUT2D eigenvalue weighted by atomic mass is 13.6. The van der Waals surface area contributed by atoms with Gasteiger partial charge in [0.25, 0.3) is 0 Å². The number of rotatable bonds is 1. The van der Waals surface area contributed by atoms with Gasteiger partial charge in [0.1, 0.15) is 7.85 Å². The zero-order valence-corrected chi connectivity index (χ0v) is 5.23. The van der Waals surface area contributed by atoms with Crippen molar-refractivity contribution in [3.8, 4) is 0 Å². The van der Waals surface area contributed by atoms with E-state index in [1.54, 1.807) is 0 Å². The largest absolute Gasteiger partial charge is 0.133 e. The van der Waals surface area contributed by atoms with Crippen LogP contribution in [0.4, 0.5) is 0 Å². The van der Waals surface area contributed by atoms with Crippen LogP contribution in [0.25, 0.3) is 0 Å². The van der Waals surface area contributed by atoms with Gasteiger partial charge in [-0.2, -0.15) is 0 Å². The second kappa shape index (κ2) is 3.73. The highest BCUT2D eigenvalue weighted by molar-refractivity contribution is 6.21. The van der Waals surface area contributed by atoms with Crippen molar-refractivity contribution in [1.29, 1.82) is 0 Å². The summed E-state index contributed by atoms with van der Waals surface area (Å²) in [5, 5.41) is 0. The maximum atomic E-state index is 2.08. The van der Waals surface area contributed by atoms with Crippen LogP contribution in [0, 0.1) is 0 Å². The van der Waals surface area contributed by atoms with Crippen molar-refractivity contribution in [3.63, 3.8) is 0 Å². The van der Waals surface area contributed by atoms with Crippen LogP contribution in [0.3, 0.4) is 0 Å². The lowest BCUT2D eigenvalue weighted by Gasteiger charge is -1.77. The Kier molecular flexibility index (Phi) is 3.48. The lowest BCUT2D eigenvalue weighted by atomic mass is 9.98. The van der Waals surface area contributed by atoms with Crippen molar-refractivity contribution < 1.29 is 0 Å². The molecule has 0 saturated carbocycles. The van der Waals surface area contributed by atoms with E-state index in [0.29, 0.717) is 0 Å². The van der Waals surface area contributed by atoms with Gasteiger partial charge in [-0.15, -0.1) is 5.47 Å². The molecule has 1 heteroatoms. The fourth-order valence-corrected chi connectivity index (χ4v) is 0.289. The Bertz CT molecular complexity index is 86.4. The summed E-state index contributed by atoms with van der Waals surface area (Å²) in [4.78, 5) is 0. The predicted octanol–water partition coefficient (Wildman–Crippen LogP) is 1.10. The lowest BCUT2D eigenvalue weighted by Crippen LogP contribution is -1.65. The van der Waals surface area contributed by atoms with Crippen LogP contribution in [0.15, 0.2) is 23.7 Å². The molecule has 0 radical (unpaired) electrons. The first-order chi connectivity index (χ1) is 3.27. The smallest absolute Gasteiger partial charge is 0.113 e. The Morgan fingerprint density at radius 2 is 2.14 bits per heavy atom. The Morgan fingerprint density at radius 1 is 1.57 bits per heavy atom. The summed E-state index contributed by atoms with van der Waals surface area (Å²) in [7, 11) is 2.08. The zero-order valence-electron chi connectivity index (χ0n) is 5.23. The van der Waals surface area contributed by atoms with Crippen molar-refractivity contribution in [3.05, 3.63) is 23.7 Å². The minimum Gasteiger partial charge on any atom is -0.113 e. The maximum absolute atomic E-state index is 2.08.